The Morgan fingerprint density at radius 2 is 1.92 bits per heavy atom. The molecule has 1 aliphatic rings. The summed E-state index contributed by atoms with van der Waals surface area (Å²) in [6.45, 7) is 1.88. The maximum atomic E-state index is 13.2. The number of aryl methyl sites for hydroxylation is 1. The quantitative estimate of drug-likeness (QED) is 0.865. The molecule has 24 heavy (non-hydrogen) atoms. The summed E-state index contributed by atoms with van der Waals surface area (Å²) in [7, 11) is 0. The number of piperidine rings is 1. The van der Waals surface area contributed by atoms with Gasteiger partial charge < -0.3 is 15.3 Å². The molecule has 5 nitrogen and oxygen atoms in total. The Balaban J connectivity index is 2.11. The maximum Gasteiger partial charge on any atom is 0.317 e. The van der Waals surface area contributed by atoms with Crippen molar-refractivity contribution < 1.29 is 23.5 Å². The Hall–Kier alpha value is -2.18. The molecule has 7 heteroatoms. The normalized spacial score (nSPS) is 18.0. The highest BCUT2D eigenvalue weighted by molar-refractivity contribution is 5.76. The highest BCUT2D eigenvalue weighted by atomic mass is 19.3. The Morgan fingerprint density at radius 1 is 1.29 bits per heavy atom. The largest absolute Gasteiger partial charge is 0.481 e. The lowest BCUT2D eigenvalue weighted by Gasteiger charge is -2.33. The average molecular weight is 340 g/mol. The number of carbonyl (C=O) groups is 2. The number of hydrogen-bond donors (Lipinski definition) is 2. The molecular formula is C17H22F2N2O3. The number of nitrogens with zero attached hydrogens (tertiary/aromatic N) is 1. The van der Waals surface area contributed by atoms with Crippen molar-refractivity contribution in [1.82, 2.24) is 10.2 Å². The highest BCUT2D eigenvalue weighted by Crippen LogP contribution is 2.28. The number of amides is 2. The van der Waals surface area contributed by atoms with Crippen LogP contribution in [-0.2, 0) is 11.2 Å². The minimum atomic E-state index is -2.73. The number of rotatable bonds is 5. The van der Waals surface area contributed by atoms with E-state index < -0.39 is 24.0 Å². The molecule has 2 rings (SSSR count). The van der Waals surface area contributed by atoms with Gasteiger partial charge in [0.2, 0.25) is 0 Å². The Labute approximate surface area is 139 Å². The number of halogens is 2. The van der Waals surface area contributed by atoms with Gasteiger partial charge in [0.15, 0.2) is 0 Å². The lowest BCUT2D eigenvalue weighted by Crippen LogP contribution is -2.48. The molecule has 1 aliphatic heterocycles. The van der Waals surface area contributed by atoms with E-state index in [1.807, 2.05) is 19.1 Å². The van der Waals surface area contributed by atoms with Gasteiger partial charge in [0.25, 0.3) is 5.92 Å². The molecule has 0 spiro atoms. The SMILES string of the molecule is CCc1ccccc1C(CC(=O)O)NC(=O)N1CCC(F)(F)CC1. The third kappa shape index (κ3) is 4.66. The zero-order valence-corrected chi connectivity index (χ0v) is 13.6. The van der Waals surface area contributed by atoms with Crippen molar-refractivity contribution in [3.05, 3.63) is 35.4 Å². The Kier molecular flexibility index (Phi) is 5.75. The number of carboxylic acids is 1. The summed E-state index contributed by atoms with van der Waals surface area (Å²) in [5, 5.41) is 11.8. The Morgan fingerprint density at radius 3 is 2.50 bits per heavy atom. The molecule has 0 aliphatic carbocycles. The van der Waals surface area contributed by atoms with Gasteiger partial charge in [-0.1, -0.05) is 31.2 Å². The minimum absolute atomic E-state index is 0.0337. The summed E-state index contributed by atoms with van der Waals surface area (Å²) < 4.78 is 26.4. The molecule has 2 N–H and O–H groups in total. The minimum Gasteiger partial charge on any atom is -0.481 e. The third-order valence-electron chi connectivity index (χ3n) is 4.27. The number of benzene rings is 1. The first-order valence-electron chi connectivity index (χ1n) is 8.05. The summed E-state index contributed by atoms with van der Waals surface area (Å²) in [5.41, 5.74) is 1.70. The highest BCUT2D eigenvalue weighted by Gasteiger charge is 2.36. The summed E-state index contributed by atoms with van der Waals surface area (Å²) in [5.74, 6) is -3.76. The van der Waals surface area contributed by atoms with Crippen LogP contribution in [0.25, 0.3) is 0 Å². The van der Waals surface area contributed by atoms with E-state index in [0.717, 1.165) is 11.1 Å². The van der Waals surface area contributed by atoms with Crippen molar-refractivity contribution in [3.8, 4) is 0 Å². The number of hydrogen-bond acceptors (Lipinski definition) is 2. The van der Waals surface area contributed by atoms with Crippen LogP contribution in [-0.4, -0.2) is 41.0 Å². The number of urea groups is 1. The molecule has 132 valence electrons. The van der Waals surface area contributed by atoms with Gasteiger partial charge in [0.1, 0.15) is 0 Å². The number of carbonyl (C=O) groups excluding carboxylic acids is 1. The van der Waals surface area contributed by atoms with Crippen LogP contribution in [0.4, 0.5) is 13.6 Å². The van der Waals surface area contributed by atoms with Crippen molar-refractivity contribution in [2.24, 2.45) is 0 Å². The van der Waals surface area contributed by atoms with E-state index in [1.165, 1.54) is 4.90 Å². The molecule has 1 saturated heterocycles. The van der Waals surface area contributed by atoms with Crippen molar-refractivity contribution in [2.45, 2.75) is 44.6 Å². The first kappa shape index (κ1) is 18.2. The maximum absolute atomic E-state index is 13.2. The average Bonchev–Trinajstić information content (AvgIpc) is 2.53. The van der Waals surface area contributed by atoms with E-state index in [9.17, 15) is 18.4 Å². The lowest BCUT2D eigenvalue weighted by atomic mass is 9.96. The predicted molar refractivity (Wildman–Crippen MR) is 85.1 cm³/mol. The number of carboxylic acid groups (broad SMARTS) is 1. The molecule has 0 bridgehead atoms. The van der Waals surface area contributed by atoms with Crippen molar-refractivity contribution >= 4 is 12.0 Å². The molecule has 1 aromatic rings. The van der Waals surface area contributed by atoms with Gasteiger partial charge in [-0.15, -0.1) is 0 Å². The second kappa shape index (κ2) is 7.59. The van der Waals surface area contributed by atoms with E-state index in [-0.39, 0.29) is 32.4 Å². The van der Waals surface area contributed by atoms with Crippen molar-refractivity contribution in [1.29, 1.82) is 0 Å². The molecular weight excluding hydrogens is 318 g/mol. The smallest absolute Gasteiger partial charge is 0.317 e. The van der Waals surface area contributed by atoms with Crippen LogP contribution in [0.5, 0.6) is 0 Å². The van der Waals surface area contributed by atoms with Crippen molar-refractivity contribution in [2.75, 3.05) is 13.1 Å². The van der Waals surface area contributed by atoms with E-state index >= 15 is 0 Å². The van der Waals surface area contributed by atoms with E-state index in [1.54, 1.807) is 12.1 Å². The van der Waals surface area contributed by atoms with Crippen LogP contribution < -0.4 is 5.32 Å². The van der Waals surface area contributed by atoms with Crippen LogP contribution in [0.1, 0.15) is 43.4 Å². The second-order valence-electron chi connectivity index (χ2n) is 6.00. The predicted octanol–water partition coefficient (Wildman–Crippen LogP) is 3.21. The molecule has 1 fully saturated rings. The van der Waals surface area contributed by atoms with Gasteiger partial charge in [-0.25, -0.2) is 13.6 Å². The van der Waals surface area contributed by atoms with Crippen LogP contribution in [0.15, 0.2) is 24.3 Å². The van der Waals surface area contributed by atoms with E-state index in [2.05, 4.69) is 5.32 Å². The number of aliphatic carboxylic acids is 1. The fourth-order valence-electron chi connectivity index (χ4n) is 2.89. The zero-order chi connectivity index (χ0) is 17.7. The molecule has 1 heterocycles. The second-order valence-corrected chi connectivity index (χ2v) is 6.00. The molecule has 0 aromatic heterocycles. The molecule has 1 aromatic carbocycles. The molecule has 0 radical (unpaired) electrons. The number of alkyl halides is 2. The topological polar surface area (TPSA) is 69.6 Å². The molecule has 0 saturated carbocycles. The van der Waals surface area contributed by atoms with Crippen LogP contribution >= 0.6 is 0 Å². The van der Waals surface area contributed by atoms with Gasteiger partial charge in [-0.3, -0.25) is 4.79 Å². The molecule has 2 amide bonds. The fraction of sp³-hybridized carbons (Fsp3) is 0.529. The van der Waals surface area contributed by atoms with Crippen LogP contribution in [0.2, 0.25) is 0 Å². The monoisotopic (exact) mass is 340 g/mol. The third-order valence-corrected chi connectivity index (χ3v) is 4.27. The summed E-state index contributed by atoms with van der Waals surface area (Å²) >= 11 is 0. The number of nitrogens with one attached hydrogen (secondary N) is 1. The van der Waals surface area contributed by atoms with E-state index in [0.29, 0.717) is 6.42 Å². The first-order chi connectivity index (χ1) is 11.3. The van der Waals surface area contributed by atoms with Crippen LogP contribution in [0, 0.1) is 0 Å². The van der Waals surface area contributed by atoms with Crippen molar-refractivity contribution in [3.63, 3.8) is 0 Å². The number of likely N-dealkylation sites (tertiary alicyclic amines) is 1. The van der Waals surface area contributed by atoms with Crippen LogP contribution in [0.3, 0.4) is 0 Å². The summed E-state index contributed by atoms with van der Waals surface area (Å²) in [6, 6.07) is 6.14. The summed E-state index contributed by atoms with van der Waals surface area (Å²) in [4.78, 5) is 24.8. The van der Waals surface area contributed by atoms with Gasteiger partial charge in [0, 0.05) is 25.9 Å². The lowest BCUT2D eigenvalue weighted by molar-refractivity contribution is -0.137. The standard InChI is InChI=1S/C17H22F2N2O3/c1-2-12-5-3-4-6-13(12)14(11-15(22)23)20-16(24)21-9-7-17(18,19)8-10-21/h3-6,14H,2,7-11H2,1H3,(H,20,24)(H,22,23). The van der Waals surface area contributed by atoms with Gasteiger partial charge in [0.05, 0.1) is 12.5 Å². The fourth-order valence-corrected chi connectivity index (χ4v) is 2.89. The summed E-state index contributed by atoms with van der Waals surface area (Å²) in [6.07, 6.45) is -0.282. The Bertz CT molecular complexity index is 597. The molecule has 1 atom stereocenters. The van der Waals surface area contributed by atoms with E-state index in [4.69, 9.17) is 5.11 Å². The van der Waals surface area contributed by atoms with Gasteiger partial charge in [-0.2, -0.15) is 0 Å². The first-order valence-corrected chi connectivity index (χ1v) is 8.05. The molecule has 1 unspecified atom stereocenters. The zero-order valence-electron chi connectivity index (χ0n) is 13.6. The van der Waals surface area contributed by atoms with Gasteiger partial charge in [-0.05, 0) is 17.5 Å². The van der Waals surface area contributed by atoms with Gasteiger partial charge >= 0.3 is 12.0 Å².